The van der Waals surface area contributed by atoms with Gasteiger partial charge in [-0.05, 0) is 25.0 Å². The first kappa shape index (κ1) is 13.8. The Morgan fingerprint density at radius 3 is 2.65 bits per heavy atom. The summed E-state index contributed by atoms with van der Waals surface area (Å²) in [6.07, 6.45) is 2.72. The second kappa shape index (κ2) is 5.31. The number of sulfonamides is 1. The second-order valence-corrected chi connectivity index (χ2v) is 7.90. The third-order valence-corrected chi connectivity index (χ3v) is 5.64. The van der Waals surface area contributed by atoms with E-state index in [0.717, 1.165) is 10.2 Å². The summed E-state index contributed by atoms with van der Waals surface area (Å²) in [7, 11) is -3.08. The predicted octanol–water partition coefficient (Wildman–Crippen LogP) is 2.10. The molecule has 2 aromatic rings. The third-order valence-electron chi connectivity index (χ3n) is 3.41. The van der Waals surface area contributed by atoms with Gasteiger partial charge < -0.3 is 4.74 Å². The summed E-state index contributed by atoms with van der Waals surface area (Å²) in [6.45, 7) is 1.04. The normalized spacial score (nSPS) is 18.4. The average molecular weight is 312 g/mol. The third kappa shape index (κ3) is 2.94. The summed E-state index contributed by atoms with van der Waals surface area (Å²) in [5, 5.41) is 0.670. The van der Waals surface area contributed by atoms with E-state index in [2.05, 4.69) is 4.98 Å². The van der Waals surface area contributed by atoms with Crippen LogP contribution in [0.5, 0.6) is 5.19 Å². The zero-order valence-corrected chi connectivity index (χ0v) is 12.8. The van der Waals surface area contributed by atoms with Crippen molar-refractivity contribution in [1.82, 2.24) is 9.29 Å². The molecule has 0 saturated carbocycles. The van der Waals surface area contributed by atoms with Crippen molar-refractivity contribution >= 4 is 31.6 Å². The molecule has 0 unspecified atom stereocenters. The molecule has 0 spiro atoms. The molecule has 7 heteroatoms. The molecule has 0 aliphatic carbocycles. The molecule has 0 N–H and O–H groups in total. The van der Waals surface area contributed by atoms with Gasteiger partial charge in [0.25, 0.3) is 5.19 Å². The fourth-order valence-electron chi connectivity index (χ4n) is 2.33. The monoisotopic (exact) mass is 312 g/mol. The van der Waals surface area contributed by atoms with Crippen LogP contribution in [0.4, 0.5) is 0 Å². The van der Waals surface area contributed by atoms with E-state index in [4.69, 9.17) is 4.74 Å². The molecule has 108 valence electrons. The van der Waals surface area contributed by atoms with Gasteiger partial charge in [-0.2, -0.15) is 0 Å². The van der Waals surface area contributed by atoms with Crippen molar-refractivity contribution in [2.24, 2.45) is 0 Å². The summed E-state index contributed by atoms with van der Waals surface area (Å²) >= 11 is 1.53. The molecule has 1 aliphatic heterocycles. The molecule has 1 saturated heterocycles. The molecule has 0 radical (unpaired) electrons. The van der Waals surface area contributed by atoms with E-state index in [9.17, 15) is 8.42 Å². The Morgan fingerprint density at radius 2 is 2.00 bits per heavy atom. The minimum atomic E-state index is -3.08. The fraction of sp³-hybridized carbons (Fsp3) is 0.462. The molecule has 0 amide bonds. The van der Waals surface area contributed by atoms with Crippen molar-refractivity contribution in [2.75, 3.05) is 19.3 Å². The highest BCUT2D eigenvalue weighted by atomic mass is 32.2. The van der Waals surface area contributed by atoms with Crippen molar-refractivity contribution in [1.29, 1.82) is 0 Å². The highest BCUT2D eigenvalue weighted by molar-refractivity contribution is 7.88. The van der Waals surface area contributed by atoms with Crippen LogP contribution in [0.3, 0.4) is 0 Å². The zero-order chi connectivity index (χ0) is 14.2. The Hall–Kier alpha value is -1.18. The van der Waals surface area contributed by atoms with Crippen LogP contribution in [0.1, 0.15) is 12.8 Å². The van der Waals surface area contributed by atoms with E-state index in [1.165, 1.54) is 21.9 Å². The molecular formula is C13H16N2O3S2. The van der Waals surface area contributed by atoms with E-state index < -0.39 is 10.0 Å². The molecule has 20 heavy (non-hydrogen) atoms. The Bertz CT molecular complexity index is 670. The van der Waals surface area contributed by atoms with Gasteiger partial charge in [0, 0.05) is 13.1 Å². The summed E-state index contributed by atoms with van der Waals surface area (Å²) in [5.41, 5.74) is 0.945. The second-order valence-electron chi connectivity index (χ2n) is 4.93. The molecule has 3 rings (SSSR count). The van der Waals surface area contributed by atoms with E-state index in [1.54, 1.807) is 0 Å². The molecule has 1 fully saturated rings. The lowest BCUT2D eigenvalue weighted by molar-refractivity contribution is 0.135. The van der Waals surface area contributed by atoms with Crippen molar-refractivity contribution in [3.05, 3.63) is 24.3 Å². The number of hydrogen-bond acceptors (Lipinski definition) is 5. The van der Waals surface area contributed by atoms with Gasteiger partial charge in [0.1, 0.15) is 6.10 Å². The first-order chi connectivity index (χ1) is 9.52. The lowest BCUT2D eigenvalue weighted by atomic mass is 10.1. The summed E-state index contributed by atoms with van der Waals surface area (Å²) in [5.74, 6) is 0. The maximum atomic E-state index is 11.4. The van der Waals surface area contributed by atoms with E-state index in [0.29, 0.717) is 31.1 Å². The molecule has 5 nitrogen and oxygen atoms in total. The van der Waals surface area contributed by atoms with Gasteiger partial charge in [-0.3, -0.25) is 0 Å². The quantitative estimate of drug-likeness (QED) is 0.871. The number of rotatable bonds is 3. The maximum Gasteiger partial charge on any atom is 0.274 e. The van der Waals surface area contributed by atoms with Gasteiger partial charge in [-0.25, -0.2) is 17.7 Å². The summed E-state index contributed by atoms with van der Waals surface area (Å²) < 4.78 is 31.4. The highest BCUT2D eigenvalue weighted by Crippen LogP contribution is 2.29. The number of aromatic nitrogens is 1. The smallest absolute Gasteiger partial charge is 0.274 e. The van der Waals surface area contributed by atoms with Gasteiger partial charge in [-0.15, -0.1) is 0 Å². The van der Waals surface area contributed by atoms with Gasteiger partial charge in [0.15, 0.2) is 0 Å². The van der Waals surface area contributed by atoms with Crippen molar-refractivity contribution in [2.45, 2.75) is 18.9 Å². The number of piperidine rings is 1. The van der Waals surface area contributed by atoms with Crippen LogP contribution in [0.15, 0.2) is 24.3 Å². The average Bonchev–Trinajstić information content (AvgIpc) is 2.80. The van der Waals surface area contributed by atoms with E-state index in [-0.39, 0.29) is 6.10 Å². The van der Waals surface area contributed by atoms with E-state index in [1.807, 2.05) is 24.3 Å². The van der Waals surface area contributed by atoms with Crippen LogP contribution in [0, 0.1) is 0 Å². The Labute approximate surface area is 122 Å². The lowest BCUT2D eigenvalue weighted by Crippen LogP contribution is -2.41. The Kier molecular flexibility index (Phi) is 3.66. The van der Waals surface area contributed by atoms with Crippen LogP contribution in [0.2, 0.25) is 0 Å². The number of fused-ring (bicyclic) bond motifs is 1. The SMILES string of the molecule is CS(=O)(=O)N1CCC(Oc2nc3ccccc3s2)CC1. The number of benzene rings is 1. The van der Waals surface area contributed by atoms with Gasteiger partial charge in [0.05, 0.1) is 16.5 Å². The van der Waals surface area contributed by atoms with Gasteiger partial charge in [-0.1, -0.05) is 23.5 Å². The van der Waals surface area contributed by atoms with E-state index >= 15 is 0 Å². The molecule has 0 atom stereocenters. The van der Waals surface area contributed by atoms with Gasteiger partial charge >= 0.3 is 0 Å². The van der Waals surface area contributed by atoms with Gasteiger partial charge in [0.2, 0.25) is 10.0 Å². The highest BCUT2D eigenvalue weighted by Gasteiger charge is 2.26. The first-order valence-electron chi connectivity index (χ1n) is 6.50. The van der Waals surface area contributed by atoms with Crippen LogP contribution >= 0.6 is 11.3 Å². The number of ether oxygens (including phenoxy) is 1. The van der Waals surface area contributed by atoms with Crippen LogP contribution in [0.25, 0.3) is 10.2 Å². The standard InChI is InChI=1S/C13H16N2O3S2/c1-20(16,17)15-8-6-10(7-9-15)18-13-14-11-4-2-3-5-12(11)19-13/h2-5,10H,6-9H2,1H3. The summed E-state index contributed by atoms with van der Waals surface area (Å²) in [4.78, 5) is 4.44. The minimum Gasteiger partial charge on any atom is -0.467 e. The predicted molar refractivity (Wildman–Crippen MR) is 79.7 cm³/mol. The molecule has 1 aliphatic rings. The molecule has 2 heterocycles. The Balaban J connectivity index is 1.65. The molecular weight excluding hydrogens is 296 g/mol. The van der Waals surface area contributed by atoms with Crippen molar-refractivity contribution < 1.29 is 13.2 Å². The number of para-hydroxylation sites is 1. The van der Waals surface area contributed by atoms with Crippen molar-refractivity contribution in [3.8, 4) is 5.19 Å². The number of nitrogens with zero attached hydrogens (tertiary/aromatic N) is 2. The van der Waals surface area contributed by atoms with Crippen LogP contribution < -0.4 is 4.74 Å². The number of thiazole rings is 1. The molecule has 1 aromatic carbocycles. The summed E-state index contributed by atoms with van der Waals surface area (Å²) in [6, 6.07) is 7.92. The zero-order valence-electron chi connectivity index (χ0n) is 11.2. The minimum absolute atomic E-state index is 0.0496. The Morgan fingerprint density at radius 1 is 1.30 bits per heavy atom. The largest absolute Gasteiger partial charge is 0.467 e. The maximum absolute atomic E-state index is 11.4. The first-order valence-corrected chi connectivity index (χ1v) is 9.16. The topological polar surface area (TPSA) is 59.5 Å². The molecule has 1 aromatic heterocycles. The lowest BCUT2D eigenvalue weighted by Gasteiger charge is -2.29. The van der Waals surface area contributed by atoms with Crippen molar-refractivity contribution in [3.63, 3.8) is 0 Å². The number of hydrogen-bond donors (Lipinski definition) is 0. The van der Waals surface area contributed by atoms with Crippen LogP contribution in [-0.4, -0.2) is 43.2 Å². The fourth-order valence-corrected chi connectivity index (χ4v) is 4.08. The van der Waals surface area contributed by atoms with Crippen LogP contribution in [-0.2, 0) is 10.0 Å². The molecule has 0 bridgehead atoms.